The molecule has 2 rings (SSSR count). The van der Waals surface area contributed by atoms with E-state index in [1.54, 1.807) is 0 Å². The molecule has 3 nitrogen and oxygen atoms in total. The molecule has 5 heteroatoms. The van der Waals surface area contributed by atoms with E-state index in [9.17, 15) is 13.6 Å². The topological polar surface area (TPSA) is 53.1 Å². The number of aromatic carboxylic acids is 1. The Hall–Kier alpha value is -2.17. The number of hydrogen-bond donors (Lipinski definition) is 2. The predicted octanol–water partition coefficient (Wildman–Crippen LogP) is 2.66. The average Bonchev–Trinajstić information content (AvgIpc) is 2.66. The Morgan fingerprint density at radius 3 is 2.56 bits per heavy atom. The molecule has 0 fully saturated rings. The Bertz CT molecular complexity index is 549. The highest BCUT2D eigenvalue weighted by Gasteiger charge is 2.11. The van der Waals surface area contributed by atoms with Crippen LogP contribution in [0.5, 0.6) is 0 Å². The summed E-state index contributed by atoms with van der Waals surface area (Å²) in [6.07, 6.45) is 1.36. The van der Waals surface area contributed by atoms with Gasteiger partial charge in [0.25, 0.3) is 0 Å². The van der Waals surface area contributed by atoms with E-state index in [1.807, 2.05) is 0 Å². The van der Waals surface area contributed by atoms with Crippen LogP contribution in [0.15, 0.2) is 30.5 Å². The molecule has 0 amide bonds. The Morgan fingerprint density at radius 2 is 2.00 bits per heavy atom. The Balaban J connectivity index is 2.46. The monoisotopic (exact) mass is 223 g/mol. The van der Waals surface area contributed by atoms with Crippen molar-refractivity contribution in [1.82, 2.24) is 4.98 Å². The third kappa shape index (κ3) is 1.79. The minimum Gasteiger partial charge on any atom is -0.477 e. The normalized spacial score (nSPS) is 10.4. The van der Waals surface area contributed by atoms with E-state index < -0.39 is 17.6 Å². The molecule has 2 aromatic rings. The molecular formula is C11H7F2NO2. The number of hydrogen-bond acceptors (Lipinski definition) is 1. The number of aromatic nitrogens is 1. The molecule has 0 atom stereocenters. The van der Waals surface area contributed by atoms with Crippen molar-refractivity contribution in [2.45, 2.75) is 0 Å². The second kappa shape index (κ2) is 3.77. The fraction of sp³-hybridized carbons (Fsp3) is 0. The minimum absolute atomic E-state index is 0.0428. The molecule has 82 valence electrons. The largest absolute Gasteiger partial charge is 0.477 e. The first kappa shape index (κ1) is 10.4. The third-order valence-corrected chi connectivity index (χ3v) is 2.16. The van der Waals surface area contributed by atoms with Gasteiger partial charge in [-0.15, -0.1) is 0 Å². The van der Waals surface area contributed by atoms with Gasteiger partial charge < -0.3 is 10.1 Å². The van der Waals surface area contributed by atoms with Crippen molar-refractivity contribution in [1.29, 1.82) is 0 Å². The number of carboxylic acids is 1. The van der Waals surface area contributed by atoms with Gasteiger partial charge in [-0.2, -0.15) is 0 Å². The van der Waals surface area contributed by atoms with Gasteiger partial charge in [0.2, 0.25) is 0 Å². The quantitative estimate of drug-likeness (QED) is 0.822. The molecule has 16 heavy (non-hydrogen) atoms. The van der Waals surface area contributed by atoms with E-state index in [4.69, 9.17) is 5.11 Å². The van der Waals surface area contributed by atoms with Crippen LogP contribution >= 0.6 is 0 Å². The highest BCUT2D eigenvalue weighted by Crippen LogP contribution is 2.24. The van der Waals surface area contributed by atoms with Crippen molar-refractivity contribution in [2.75, 3.05) is 0 Å². The molecule has 0 saturated carbocycles. The number of rotatable bonds is 2. The van der Waals surface area contributed by atoms with Crippen molar-refractivity contribution < 1.29 is 18.7 Å². The summed E-state index contributed by atoms with van der Waals surface area (Å²) in [6, 6.07) is 4.42. The van der Waals surface area contributed by atoms with Gasteiger partial charge in [0, 0.05) is 23.4 Å². The summed E-state index contributed by atoms with van der Waals surface area (Å²) in [7, 11) is 0. The maximum absolute atomic E-state index is 13.3. The standard InChI is InChI=1S/C11H7F2NO2/c12-7-1-2-8(9(13)4-7)6-3-10(11(15)16)14-5-6/h1-5,14H,(H,15,16). The zero-order chi connectivity index (χ0) is 11.7. The molecule has 0 unspecified atom stereocenters. The van der Waals surface area contributed by atoms with Gasteiger partial charge in [-0.3, -0.25) is 0 Å². The minimum atomic E-state index is -1.13. The zero-order valence-corrected chi connectivity index (χ0v) is 8.00. The number of carbonyl (C=O) groups is 1. The van der Waals surface area contributed by atoms with Crippen molar-refractivity contribution in [2.24, 2.45) is 0 Å². The van der Waals surface area contributed by atoms with E-state index in [1.165, 1.54) is 18.3 Å². The number of carboxylic acid groups (broad SMARTS) is 1. The van der Waals surface area contributed by atoms with Crippen LogP contribution in [0.4, 0.5) is 8.78 Å². The molecule has 0 bridgehead atoms. The number of H-pyrrole nitrogens is 1. The van der Waals surface area contributed by atoms with Crippen LogP contribution in [0.1, 0.15) is 10.5 Å². The summed E-state index contributed by atoms with van der Waals surface area (Å²) in [5.74, 6) is -2.53. The molecule has 0 saturated heterocycles. The van der Waals surface area contributed by atoms with Crippen LogP contribution in [0.25, 0.3) is 11.1 Å². The van der Waals surface area contributed by atoms with E-state index in [0.717, 1.165) is 12.1 Å². The molecule has 1 aromatic heterocycles. The van der Waals surface area contributed by atoms with Gasteiger partial charge in [-0.25, -0.2) is 13.6 Å². The van der Waals surface area contributed by atoms with Crippen LogP contribution in [0.3, 0.4) is 0 Å². The molecule has 0 aliphatic rings. The molecule has 2 N–H and O–H groups in total. The third-order valence-electron chi connectivity index (χ3n) is 2.16. The SMILES string of the molecule is O=C(O)c1cc(-c2ccc(F)cc2F)c[nH]1. The second-order valence-electron chi connectivity index (χ2n) is 3.23. The maximum atomic E-state index is 13.3. The molecule has 1 aromatic carbocycles. The molecule has 0 aliphatic carbocycles. The lowest BCUT2D eigenvalue weighted by Gasteiger charge is -1.99. The summed E-state index contributed by atoms with van der Waals surface area (Å²) in [4.78, 5) is 13.1. The number of nitrogens with one attached hydrogen (secondary N) is 1. The van der Waals surface area contributed by atoms with Gasteiger partial charge in [-0.05, 0) is 18.2 Å². The maximum Gasteiger partial charge on any atom is 0.352 e. The van der Waals surface area contributed by atoms with E-state index >= 15 is 0 Å². The van der Waals surface area contributed by atoms with Gasteiger partial charge in [0.05, 0.1) is 0 Å². The summed E-state index contributed by atoms with van der Waals surface area (Å²) >= 11 is 0. The summed E-state index contributed by atoms with van der Waals surface area (Å²) in [5.41, 5.74) is 0.485. The lowest BCUT2D eigenvalue weighted by Crippen LogP contribution is -1.94. The lowest BCUT2D eigenvalue weighted by atomic mass is 10.1. The molecule has 0 aliphatic heterocycles. The highest BCUT2D eigenvalue weighted by atomic mass is 19.1. The predicted molar refractivity (Wildman–Crippen MR) is 53.1 cm³/mol. The first-order valence-corrected chi connectivity index (χ1v) is 4.45. The number of benzene rings is 1. The highest BCUT2D eigenvalue weighted by molar-refractivity contribution is 5.87. The van der Waals surface area contributed by atoms with Crippen molar-refractivity contribution in [3.63, 3.8) is 0 Å². The van der Waals surface area contributed by atoms with Gasteiger partial charge in [0.1, 0.15) is 17.3 Å². The zero-order valence-electron chi connectivity index (χ0n) is 8.00. The van der Waals surface area contributed by atoms with Crippen LogP contribution in [-0.4, -0.2) is 16.1 Å². The van der Waals surface area contributed by atoms with E-state index in [-0.39, 0.29) is 11.3 Å². The second-order valence-corrected chi connectivity index (χ2v) is 3.23. The van der Waals surface area contributed by atoms with E-state index in [2.05, 4.69) is 4.98 Å². The van der Waals surface area contributed by atoms with Crippen molar-refractivity contribution >= 4 is 5.97 Å². The molecular weight excluding hydrogens is 216 g/mol. The summed E-state index contributed by atoms with van der Waals surface area (Å²) in [5, 5.41) is 8.67. The van der Waals surface area contributed by atoms with Crippen molar-refractivity contribution in [3.8, 4) is 11.1 Å². The van der Waals surface area contributed by atoms with Gasteiger partial charge in [-0.1, -0.05) is 0 Å². The Labute approximate surface area is 89.3 Å². The van der Waals surface area contributed by atoms with Crippen molar-refractivity contribution in [3.05, 3.63) is 47.8 Å². The number of halogens is 2. The first-order valence-electron chi connectivity index (χ1n) is 4.45. The summed E-state index contributed by atoms with van der Waals surface area (Å²) in [6.45, 7) is 0. The smallest absolute Gasteiger partial charge is 0.352 e. The fourth-order valence-corrected chi connectivity index (χ4v) is 1.40. The Morgan fingerprint density at radius 1 is 1.25 bits per heavy atom. The molecule has 0 radical (unpaired) electrons. The van der Waals surface area contributed by atoms with Crippen LogP contribution in [0, 0.1) is 11.6 Å². The molecule has 0 spiro atoms. The van der Waals surface area contributed by atoms with Crippen LogP contribution in [-0.2, 0) is 0 Å². The van der Waals surface area contributed by atoms with Crippen LogP contribution < -0.4 is 0 Å². The van der Waals surface area contributed by atoms with E-state index in [0.29, 0.717) is 5.56 Å². The van der Waals surface area contributed by atoms with Gasteiger partial charge >= 0.3 is 5.97 Å². The lowest BCUT2D eigenvalue weighted by molar-refractivity contribution is 0.0691. The van der Waals surface area contributed by atoms with Crippen LogP contribution in [0.2, 0.25) is 0 Å². The summed E-state index contributed by atoms with van der Waals surface area (Å²) < 4.78 is 26.0. The first-order chi connectivity index (χ1) is 7.58. The molecule has 1 heterocycles. The Kier molecular flexibility index (Phi) is 2.44. The van der Waals surface area contributed by atoms with Gasteiger partial charge in [0.15, 0.2) is 0 Å². The number of aromatic amines is 1. The average molecular weight is 223 g/mol. The fourth-order valence-electron chi connectivity index (χ4n) is 1.40.